The van der Waals surface area contributed by atoms with Crippen molar-refractivity contribution >= 4 is 10.1 Å². The lowest BCUT2D eigenvalue weighted by atomic mass is 9.93. The summed E-state index contributed by atoms with van der Waals surface area (Å²) in [5, 5.41) is 3.11. The van der Waals surface area contributed by atoms with Gasteiger partial charge in [-0.2, -0.15) is 8.42 Å². The molecular formula is C17H21NO3S. The summed E-state index contributed by atoms with van der Waals surface area (Å²) in [6, 6.07) is 16.2. The second-order valence-corrected chi connectivity index (χ2v) is 6.71. The van der Waals surface area contributed by atoms with Crippen LogP contribution in [0.4, 0.5) is 0 Å². The lowest BCUT2D eigenvalue weighted by Crippen LogP contribution is -2.29. The van der Waals surface area contributed by atoms with E-state index in [9.17, 15) is 8.42 Å². The molecule has 0 saturated carbocycles. The van der Waals surface area contributed by atoms with Gasteiger partial charge >= 0.3 is 0 Å². The first-order valence-corrected chi connectivity index (χ1v) is 8.75. The smallest absolute Gasteiger partial charge is 0.294 e. The van der Waals surface area contributed by atoms with Crippen LogP contribution in [0, 0.1) is 0 Å². The van der Waals surface area contributed by atoms with Gasteiger partial charge in [-0.1, -0.05) is 49.4 Å². The molecule has 2 aromatic carbocycles. The van der Waals surface area contributed by atoms with E-state index in [1.54, 1.807) is 6.07 Å². The number of nitrogens with one attached hydrogen (secondary N) is 1. The summed E-state index contributed by atoms with van der Waals surface area (Å²) in [7, 11) is -4.14. The number of benzene rings is 2. The molecule has 1 atom stereocenters. The van der Waals surface area contributed by atoms with E-state index in [2.05, 4.69) is 5.32 Å². The molecule has 1 heterocycles. The molecule has 0 aromatic heterocycles. The Hall–Kier alpha value is -1.69. The molecule has 1 aliphatic rings. The van der Waals surface area contributed by atoms with Crippen LogP contribution in [0.5, 0.6) is 0 Å². The minimum atomic E-state index is -4.14. The van der Waals surface area contributed by atoms with Gasteiger partial charge in [-0.25, -0.2) is 0 Å². The zero-order chi connectivity index (χ0) is 16.0. The van der Waals surface area contributed by atoms with Gasteiger partial charge in [-0.05, 0) is 42.8 Å². The highest BCUT2D eigenvalue weighted by atomic mass is 32.2. The van der Waals surface area contributed by atoms with E-state index in [-0.39, 0.29) is 10.8 Å². The quantitative estimate of drug-likeness (QED) is 0.853. The van der Waals surface area contributed by atoms with Crippen LogP contribution in [0.2, 0.25) is 0 Å². The zero-order valence-corrected chi connectivity index (χ0v) is 13.4. The summed E-state index contributed by atoms with van der Waals surface area (Å²) in [6.07, 6.45) is 1.39. The average molecular weight is 319 g/mol. The maximum Gasteiger partial charge on any atom is 0.294 e. The maximum absolute atomic E-state index is 11.1. The minimum Gasteiger partial charge on any atom is -0.317 e. The summed E-state index contributed by atoms with van der Waals surface area (Å²) in [5.74, 6) is 0.0768. The van der Waals surface area contributed by atoms with Crippen LogP contribution >= 0.6 is 0 Å². The van der Waals surface area contributed by atoms with Gasteiger partial charge in [0.2, 0.25) is 0 Å². The third-order valence-electron chi connectivity index (χ3n) is 3.66. The first kappa shape index (κ1) is 16.7. The third-order valence-corrected chi connectivity index (χ3v) is 4.51. The first-order chi connectivity index (χ1) is 10.5. The highest BCUT2D eigenvalue weighted by Crippen LogP contribution is 2.25. The molecule has 1 unspecified atom stereocenters. The van der Waals surface area contributed by atoms with Crippen LogP contribution in [-0.2, 0) is 10.1 Å². The lowest BCUT2D eigenvalue weighted by molar-refractivity contribution is 0.483. The second kappa shape index (κ2) is 7.54. The van der Waals surface area contributed by atoms with Crippen LogP contribution < -0.4 is 5.32 Å². The fourth-order valence-electron chi connectivity index (χ4n) is 2.06. The number of rotatable bonds is 3. The molecule has 1 fully saturated rings. The summed E-state index contributed by atoms with van der Waals surface area (Å²) in [5.41, 5.74) is 1.96. The van der Waals surface area contributed by atoms with Crippen molar-refractivity contribution in [3.63, 3.8) is 0 Å². The standard InChI is InChI=1S/C14H14O3S.C3H7N/c1-11(12-6-3-2-4-7-12)13-8-5-9-14(10-13)18(15,16)17;1-2-4-3-1/h2-11H,1H3,(H,15,16,17);4H,1-3H2. The molecule has 5 heteroatoms. The molecule has 2 aromatic rings. The van der Waals surface area contributed by atoms with Gasteiger partial charge < -0.3 is 5.32 Å². The Balaban J connectivity index is 0.000000381. The second-order valence-electron chi connectivity index (χ2n) is 5.28. The average Bonchev–Trinajstić information content (AvgIpc) is 2.45. The Morgan fingerprint density at radius 3 is 2.05 bits per heavy atom. The van der Waals surface area contributed by atoms with E-state index in [1.165, 1.54) is 31.6 Å². The molecule has 2 N–H and O–H groups in total. The van der Waals surface area contributed by atoms with Gasteiger partial charge in [-0.3, -0.25) is 4.55 Å². The van der Waals surface area contributed by atoms with Gasteiger partial charge in [0, 0.05) is 5.92 Å². The van der Waals surface area contributed by atoms with Gasteiger partial charge in [0.25, 0.3) is 10.1 Å². The molecule has 22 heavy (non-hydrogen) atoms. The van der Waals surface area contributed by atoms with E-state index in [1.807, 2.05) is 43.3 Å². The molecule has 0 radical (unpaired) electrons. The van der Waals surface area contributed by atoms with Crippen molar-refractivity contribution in [3.05, 3.63) is 65.7 Å². The van der Waals surface area contributed by atoms with Crippen LogP contribution in [0.25, 0.3) is 0 Å². The normalized spacial score (nSPS) is 15.2. The van der Waals surface area contributed by atoms with Crippen molar-refractivity contribution in [1.82, 2.24) is 5.32 Å². The van der Waals surface area contributed by atoms with Crippen LogP contribution in [-0.4, -0.2) is 26.1 Å². The summed E-state index contributed by atoms with van der Waals surface area (Å²) < 4.78 is 31.2. The van der Waals surface area contributed by atoms with Crippen LogP contribution in [0.1, 0.15) is 30.4 Å². The Bertz CT molecular complexity index is 691. The third kappa shape index (κ3) is 4.66. The van der Waals surface area contributed by atoms with Gasteiger partial charge in [-0.15, -0.1) is 0 Å². The van der Waals surface area contributed by atoms with Crippen molar-refractivity contribution < 1.29 is 13.0 Å². The minimum absolute atomic E-state index is 0.0669. The summed E-state index contributed by atoms with van der Waals surface area (Å²) in [6.45, 7) is 4.50. The molecule has 0 spiro atoms. The largest absolute Gasteiger partial charge is 0.317 e. The van der Waals surface area contributed by atoms with Crippen LogP contribution in [0.15, 0.2) is 59.5 Å². The predicted octanol–water partition coefficient (Wildman–Crippen LogP) is 3.06. The van der Waals surface area contributed by atoms with E-state index >= 15 is 0 Å². The SMILES string of the molecule is C1CNC1.CC(c1ccccc1)c1cccc(S(=O)(=O)O)c1. The van der Waals surface area contributed by atoms with E-state index in [4.69, 9.17) is 4.55 Å². The maximum atomic E-state index is 11.1. The van der Waals surface area contributed by atoms with Crippen molar-refractivity contribution in [2.75, 3.05) is 13.1 Å². The topological polar surface area (TPSA) is 66.4 Å². The predicted molar refractivity (Wildman–Crippen MR) is 87.7 cm³/mol. The molecule has 118 valence electrons. The molecule has 0 bridgehead atoms. The molecule has 4 nitrogen and oxygen atoms in total. The summed E-state index contributed by atoms with van der Waals surface area (Å²) >= 11 is 0. The highest BCUT2D eigenvalue weighted by Gasteiger charge is 2.13. The first-order valence-electron chi connectivity index (χ1n) is 7.31. The van der Waals surface area contributed by atoms with Crippen molar-refractivity contribution in [2.24, 2.45) is 0 Å². The van der Waals surface area contributed by atoms with E-state index < -0.39 is 10.1 Å². The fraction of sp³-hybridized carbons (Fsp3) is 0.294. The van der Waals surface area contributed by atoms with Crippen LogP contribution in [0.3, 0.4) is 0 Å². The van der Waals surface area contributed by atoms with Gasteiger partial charge in [0.1, 0.15) is 0 Å². The van der Waals surface area contributed by atoms with Gasteiger partial charge in [0.15, 0.2) is 0 Å². The zero-order valence-electron chi connectivity index (χ0n) is 12.6. The monoisotopic (exact) mass is 319 g/mol. The van der Waals surface area contributed by atoms with E-state index in [0.29, 0.717) is 0 Å². The highest BCUT2D eigenvalue weighted by molar-refractivity contribution is 7.85. The number of hydrogen-bond donors (Lipinski definition) is 2. The molecular weight excluding hydrogens is 298 g/mol. The van der Waals surface area contributed by atoms with Gasteiger partial charge in [0.05, 0.1) is 4.90 Å². The van der Waals surface area contributed by atoms with E-state index in [0.717, 1.165) is 11.1 Å². The molecule has 1 aliphatic heterocycles. The molecule has 0 amide bonds. The molecule has 3 rings (SSSR count). The molecule has 0 aliphatic carbocycles. The van der Waals surface area contributed by atoms with Crippen molar-refractivity contribution in [2.45, 2.75) is 24.2 Å². The Labute approximate surface area is 131 Å². The lowest BCUT2D eigenvalue weighted by Gasteiger charge is -2.13. The Morgan fingerprint density at radius 1 is 1.00 bits per heavy atom. The Kier molecular flexibility index (Phi) is 5.71. The fourth-order valence-corrected chi connectivity index (χ4v) is 2.59. The molecule has 1 saturated heterocycles. The van der Waals surface area contributed by atoms with Crippen molar-refractivity contribution in [3.8, 4) is 0 Å². The van der Waals surface area contributed by atoms with Crippen molar-refractivity contribution in [1.29, 1.82) is 0 Å². The number of hydrogen-bond acceptors (Lipinski definition) is 3. The Morgan fingerprint density at radius 2 is 1.55 bits per heavy atom. The summed E-state index contributed by atoms with van der Waals surface area (Å²) in [4.78, 5) is -0.0669.